The second-order valence-corrected chi connectivity index (χ2v) is 2.55. The monoisotopic (exact) mass is 232 g/mol. The van der Waals surface area contributed by atoms with Crippen LogP contribution in [0.5, 0.6) is 5.75 Å². The van der Waals surface area contributed by atoms with Crippen LogP contribution in [-0.4, -0.2) is 11.5 Å². The molecular weight excluding hydrogens is 229 g/mol. The van der Waals surface area contributed by atoms with E-state index >= 15 is 0 Å². The van der Waals surface area contributed by atoms with Crippen molar-refractivity contribution in [2.75, 3.05) is 0 Å². The molecule has 0 aromatic heterocycles. The third-order valence-electron chi connectivity index (χ3n) is 1.57. The van der Waals surface area contributed by atoms with Crippen LogP contribution in [0.3, 0.4) is 0 Å². The van der Waals surface area contributed by atoms with Crippen LogP contribution >= 0.6 is 0 Å². The average molecular weight is 232 g/mol. The van der Waals surface area contributed by atoms with Crippen molar-refractivity contribution in [3.63, 3.8) is 0 Å². The Kier molecular flexibility index (Phi) is 3.30. The summed E-state index contributed by atoms with van der Waals surface area (Å²) >= 11 is 0. The van der Waals surface area contributed by atoms with Crippen LogP contribution in [0.15, 0.2) is 12.1 Å². The number of benzene rings is 1. The van der Waals surface area contributed by atoms with E-state index in [0.717, 1.165) is 0 Å². The smallest absolute Gasteiger partial charge is 0.387 e. The predicted octanol–water partition coefficient (Wildman–Crippen LogP) is 2.21. The number of hydrogen-bond donors (Lipinski definition) is 0. The molecule has 0 aliphatic heterocycles. The van der Waals surface area contributed by atoms with Gasteiger partial charge in [-0.3, -0.25) is 10.1 Å². The number of rotatable bonds is 3. The van der Waals surface area contributed by atoms with Gasteiger partial charge in [0, 0.05) is 6.07 Å². The summed E-state index contributed by atoms with van der Waals surface area (Å²) in [5, 5.41) is 19.0. The maximum atomic E-state index is 12.8. The Balaban J connectivity index is 3.37. The van der Waals surface area contributed by atoms with Crippen molar-refractivity contribution in [2.45, 2.75) is 6.61 Å². The first kappa shape index (κ1) is 11.8. The maximum Gasteiger partial charge on any atom is 0.387 e. The predicted molar refractivity (Wildman–Crippen MR) is 44.4 cm³/mol. The first-order valence-electron chi connectivity index (χ1n) is 3.78. The van der Waals surface area contributed by atoms with E-state index in [-0.39, 0.29) is 0 Å². The fraction of sp³-hybridized carbons (Fsp3) is 0.125. The molecule has 1 rings (SSSR count). The van der Waals surface area contributed by atoms with E-state index in [1.807, 2.05) is 0 Å². The lowest BCUT2D eigenvalue weighted by Crippen LogP contribution is -2.05. The van der Waals surface area contributed by atoms with E-state index < -0.39 is 34.4 Å². The highest BCUT2D eigenvalue weighted by Crippen LogP contribution is 2.30. The molecule has 0 radical (unpaired) electrons. The van der Waals surface area contributed by atoms with Gasteiger partial charge in [0.25, 0.3) is 5.69 Å². The molecule has 0 saturated carbocycles. The van der Waals surface area contributed by atoms with Gasteiger partial charge in [-0.2, -0.15) is 14.0 Å². The second-order valence-electron chi connectivity index (χ2n) is 2.55. The van der Waals surface area contributed by atoms with Gasteiger partial charge in [-0.15, -0.1) is 0 Å². The largest absolute Gasteiger partial charge is 0.433 e. The number of nitro groups is 1. The van der Waals surface area contributed by atoms with Crippen LogP contribution < -0.4 is 4.74 Å². The van der Waals surface area contributed by atoms with Crippen LogP contribution in [0.2, 0.25) is 0 Å². The SMILES string of the molecule is N#Cc1c(OC(F)F)cc(F)cc1[N+](=O)[O-]. The van der Waals surface area contributed by atoms with Crippen molar-refractivity contribution in [1.82, 2.24) is 0 Å². The van der Waals surface area contributed by atoms with Crippen molar-refractivity contribution < 1.29 is 22.8 Å². The van der Waals surface area contributed by atoms with E-state index in [4.69, 9.17) is 5.26 Å². The summed E-state index contributed by atoms with van der Waals surface area (Å²) in [4.78, 5) is 9.36. The molecular formula is C8H3F3N2O3. The molecule has 0 bridgehead atoms. The third kappa shape index (κ3) is 2.38. The Labute approximate surface area is 86.8 Å². The molecule has 8 heteroatoms. The lowest BCUT2D eigenvalue weighted by atomic mass is 10.1. The minimum absolute atomic E-state index is 0.455. The van der Waals surface area contributed by atoms with E-state index in [1.54, 1.807) is 0 Å². The van der Waals surface area contributed by atoms with Gasteiger partial charge in [0.05, 0.1) is 11.0 Å². The molecule has 0 atom stereocenters. The van der Waals surface area contributed by atoms with Crippen molar-refractivity contribution >= 4 is 5.69 Å². The highest BCUT2D eigenvalue weighted by molar-refractivity contribution is 5.57. The molecule has 0 saturated heterocycles. The van der Waals surface area contributed by atoms with Crippen LogP contribution in [0.4, 0.5) is 18.9 Å². The molecule has 1 aromatic carbocycles. The van der Waals surface area contributed by atoms with Crippen LogP contribution in [0.1, 0.15) is 5.56 Å². The maximum absolute atomic E-state index is 12.8. The number of halogens is 3. The molecule has 0 amide bonds. The zero-order valence-corrected chi connectivity index (χ0v) is 7.49. The average Bonchev–Trinajstić information content (AvgIpc) is 2.15. The number of nitro benzene ring substituents is 1. The van der Waals surface area contributed by atoms with Gasteiger partial charge >= 0.3 is 6.61 Å². The van der Waals surface area contributed by atoms with Gasteiger partial charge in [-0.05, 0) is 0 Å². The lowest BCUT2D eigenvalue weighted by molar-refractivity contribution is -0.385. The van der Waals surface area contributed by atoms with Crippen molar-refractivity contribution in [3.05, 3.63) is 33.6 Å². The fourth-order valence-corrected chi connectivity index (χ4v) is 1.01. The zero-order chi connectivity index (χ0) is 12.3. The molecule has 16 heavy (non-hydrogen) atoms. The first-order chi connectivity index (χ1) is 7.45. The number of ether oxygens (including phenoxy) is 1. The Bertz CT molecular complexity index is 470. The Hall–Kier alpha value is -2.30. The van der Waals surface area contributed by atoms with Gasteiger partial charge in [-0.25, -0.2) is 4.39 Å². The highest BCUT2D eigenvalue weighted by Gasteiger charge is 2.22. The molecule has 0 unspecified atom stereocenters. The molecule has 0 aliphatic rings. The van der Waals surface area contributed by atoms with Gasteiger partial charge < -0.3 is 4.74 Å². The molecule has 1 aromatic rings. The molecule has 0 heterocycles. The summed E-state index contributed by atoms with van der Waals surface area (Å²) in [6.07, 6.45) is 0. The topological polar surface area (TPSA) is 76.2 Å². The van der Waals surface area contributed by atoms with Gasteiger partial charge in [-0.1, -0.05) is 0 Å². The minimum atomic E-state index is -3.30. The molecule has 0 spiro atoms. The molecule has 0 fully saturated rings. The van der Waals surface area contributed by atoms with E-state index in [9.17, 15) is 23.3 Å². The molecule has 5 nitrogen and oxygen atoms in total. The standard InChI is InChI=1S/C8H3F3N2O3/c9-4-1-6(13(14)15)5(3-12)7(2-4)16-8(10)11/h1-2,8H. The van der Waals surface area contributed by atoms with Crippen molar-refractivity contribution in [3.8, 4) is 11.8 Å². The number of alkyl halides is 2. The van der Waals surface area contributed by atoms with Crippen molar-refractivity contribution in [1.29, 1.82) is 5.26 Å². The van der Waals surface area contributed by atoms with E-state index in [2.05, 4.69) is 4.74 Å². The van der Waals surface area contributed by atoms with E-state index in [1.165, 1.54) is 6.07 Å². The Morgan fingerprint density at radius 2 is 2.12 bits per heavy atom. The second kappa shape index (κ2) is 4.48. The summed E-state index contributed by atoms with van der Waals surface area (Å²) in [6, 6.07) is 2.25. The summed E-state index contributed by atoms with van der Waals surface area (Å²) in [6.45, 7) is -3.30. The Morgan fingerprint density at radius 3 is 2.56 bits per heavy atom. The molecule has 0 N–H and O–H groups in total. The zero-order valence-electron chi connectivity index (χ0n) is 7.49. The summed E-state index contributed by atoms with van der Waals surface area (Å²) in [7, 11) is 0. The van der Waals surface area contributed by atoms with Crippen LogP contribution in [0.25, 0.3) is 0 Å². The fourth-order valence-electron chi connectivity index (χ4n) is 1.01. The summed E-state index contributed by atoms with van der Waals surface area (Å²) in [5.41, 5.74) is -1.66. The third-order valence-corrected chi connectivity index (χ3v) is 1.57. The van der Waals surface area contributed by atoms with Crippen LogP contribution in [-0.2, 0) is 0 Å². The van der Waals surface area contributed by atoms with Gasteiger partial charge in [0.1, 0.15) is 11.9 Å². The number of hydrogen-bond acceptors (Lipinski definition) is 4. The van der Waals surface area contributed by atoms with Crippen molar-refractivity contribution in [2.24, 2.45) is 0 Å². The van der Waals surface area contributed by atoms with E-state index in [0.29, 0.717) is 12.1 Å². The molecule has 0 aliphatic carbocycles. The van der Waals surface area contributed by atoms with Gasteiger partial charge in [0.2, 0.25) is 0 Å². The minimum Gasteiger partial charge on any atom is -0.433 e. The first-order valence-corrected chi connectivity index (χ1v) is 3.78. The number of nitriles is 1. The lowest BCUT2D eigenvalue weighted by Gasteiger charge is -2.06. The summed E-state index contributed by atoms with van der Waals surface area (Å²) < 4.78 is 40.4. The Morgan fingerprint density at radius 1 is 1.50 bits per heavy atom. The number of nitrogens with zero attached hydrogens (tertiary/aromatic N) is 2. The molecule has 84 valence electrons. The van der Waals surface area contributed by atoms with Crippen LogP contribution in [0, 0.1) is 27.3 Å². The van der Waals surface area contributed by atoms with Gasteiger partial charge in [0.15, 0.2) is 11.3 Å². The summed E-state index contributed by atoms with van der Waals surface area (Å²) in [5.74, 6) is -1.99. The normalized spacial score (nSPS) is 9.94. The highest BCUT2D eigenvalue weighted by atomic mass is 19.3. The quantitative estimate of drug-likeness (QED) is 0.591.